The largest absolute Gasteiger partial charge is 0.467 e. The first kappa shape index (κ1) is 21.3. The zero-order valence-corrected chi connectivity index (χ0v) is 19.5. The summed E-state index contributed by atoms with van der Waals surface area (Å²) in [6.45, 7) is 4.28. The summed E-state index contributed by atoms with van der Waals surface area (Å²) in [4.78, 5) is 40.4. The summed E-state index contributed by atoms with van der Waals surface area (Å²) in [5, 5.41) is 0. The number of methoxy groups -OCH3 is 1. The van der Waals surface area contributed by atoms with E-state index < -0.39 is 0 Å². The molecule has 4 aromatic heterocycles. The number of hydrogen-bond acceptors (Lipinski definition) is 8. The maximum atomic E-state index is 12.7. The van der Waals surface area contributed by atoms with Crippen LogP contribution < -0.4 is 15.3 Å². The Morgan fingerprint density at radius 2 is 1.86 bits per heavy atom. The molecule has 0 radical (unpaired) electrons. The van der Waals surface area contributed by atoms with E-state index in [1.54, 1.807) is 18.7 Å². The maximum absolute atomic E-state index is 12.7. The van der Waals surface area contributed by atoms with Crippen molar-refractivity contribution in [1.29, 1.82) is 0 Å². The van der Waals surface area contributed by atoms with Crippen molar-refractivity contribution in [2.45, 2.75) is 32.4 Å². The molecule has 0 spiro atoms. The molecular weight excluding hydrogens is 446 g/mol. The summed E-state index contributed by atoms with van der Waals surface area (Å²) in [5.74, 6) is 1.55. The molecule has 0 unspecified atom stereocenters. The van der Waals surface area contributed by atoms with E-state index in [9.17, 15) is 4.79 Å². The van der Waals surface area contributed by atoms with Crippen LogP contribution in [-0.4, -0.2) is 59.2 Å². The zero-order chi connectivity index (χ0) is 23.9. The van der Waals surface area contributed by atoms with E-state index in [-0.39, 0.29) is 11.7 Å². The van der Waals surface area contributed by atoms with E-state index in [4.69, 9.17) is 9.72 Å². The number of benzene rings is 1. The van der Waals surface area contributed by atoms with Crippen molar-refractivity contribution in [2.75, 3.05) is 25.1 Å². The van der Waals surface area contributed by atoms with Gasteiger partial charge in [0.15, 0.2) is 17.0 Å². The third-order valence-corrected chi connectivity index (χ3v) is 6.65. The van der Waals surface area contributed by atoms with Gasteiger partial charge in [0.25, 0.3) is 0 Å². The number of ether oxygens (including phenoxy) is 1. The standard InChI is InChI=1S/C24H25N9O2/c1-3-32-20(15-12-25-23(35-2)26-13-15)30-19-21(27-14-28-22(19)32)31-10-8-16(9-11-31)33-18-7-5-4-6-17(18)29-24(33)34/h4-7,12-14,16H,3,8-11H2,1-2H3,(H,29,34). The average Bonchev–Trinajstić information content (AvgIpc) is 3.45. The predicted octanol–water partition coefficient (Wildman–Crippen LogP) is 2.80. The monoisotopic (exact) mass is 471 g/mol. The van der Waals surface area contributed by atoms with E-state index in [1.807, 2.05) is 33.4 Å². The highest BCUT2D eigenvalue weighted by molar-refractivity contribution is 5.87. The van der Waals surface area contributed by atoms with E-state index in [1.165, 1.54) is 7.11 Å². The number of rotatable bonds is 5. The SMILES string of the molecule is CCn1c(-c2cnc(OC)nc2)nc2c(N3CCC(n4c(=O)[nH]c5ccccc54)CC3)ncnc21. The number of anilines is 1. The molecule has 1 N–H and O–H groups in total. The van der Waals surface area contributed by atoms with Crippen molar-refractivity contribution in [3.8, 4) is 17.4 Å². The van der Waals surface area contributed by atoms with Gasteiger partial charge in [0.05, 0.1) is 23.7 Å². The predicted molar refractivity (Wildman–Crippen MR) is 132 cm³/mol. The van der Waals surface area contributed by atoms with Gasteiger partial charge in [-0.05, 0) is 31.9 Å². The van der Waals surface area contributed by atoms with Crippen LogP contribution in [0.5, 0.6) is 6.01 Å². The minimum absolute atomic E-state index is 0.0536. The molecule has 1 aromatic carbocycles. The van der Waals surface area contributed by atoms with Crippen molar-refractivity contribution >= 4 is 28.0 Å². The lowest BCUT2D eigenvalue weighted by molar-refractivity contribution is 0.380. The normalized spacial score (nSPS) is 14.7. The molecule has 1 saturated heterocycles. The molecule has 35 heavy (non-hydrogen) atoms. The Hall–Kier alpha value is -4.28. The van der Waals surface area contributed by atoms with Crippen molar-refractivity contribution in [3.63, 3.8) is 0 Å². The van der Waals surface area contributed by atoms with Gasteiger partial charge >= 0.3 is 11.7 Å². The summed E-state index contributed by atoms with van der Waals surface area (Å²) in [5.41, 5.74) is 4.09. The summed E-state index contributed by atoms with van der Waals surface area (Å²) >= 11 is 0. The van der Waals surface area contributed by atoms with Crippen molar-refractivity contribution < 1.29 is 4.74 Å². The number of nitrogens with one attached hydrogen (secondary N) is 1. The fourth-order valence-electron chi connectivity index (χ4n) is 4.99. The number of fused-ring (bicyclic) bond motifs is 2. The molecule has 0 saturated carbocycles. The van der Waals surface area contributed by atoms with Crippen LogP contribution in [0.2, 0.25) is 0 Å². The molecule has 11 nitrogen and oxygen atoms in total. The molecule has 5 aromatic rings. The lowest BCUT2D eigenvalue weighted by Gasteiger charge is -2.33. The quantitative estimate of drug-likeness (QED) is 0.416. The number of para-hydroxylation sites is 2. The summed E-state index contributed by atoms with van der Waals surface area (Å²) < 4.78 is 9.03. The van der Waals surface area contributed by atoms with Crippen LogP contribution in [0.25, 0.3) is 33.6 Å². The number of H-pyrrole nitrogens is 1. The van der Waals surface area contributed by atoms with Crippen molar-refractivity contribution in [1.82, 2.24) is 39.0 Å². The third kappa shape index (κ3) is 3.50. The Labute approximate surface area is 200 Å². The Balaban J connectivity index is 1.32. The van der Waals surface area contributed by atoms with Gasteiger partial charge in [0.1, 0.15) is 12.2 Å². The van der Waals surface area contributed by atoms with Crippen LogP contribution in [0.1, 0.15) is 25.8 Å². The van der Waals surface area contributed by atoms with Gasteiger partial charge in [-0.25, -0.2) is 29.7 Å². The number of piperidine rings is 1. The summed E-state index contributed by atoms with van der Waals surface area (Å²) in [6.07, 6.45) is 6.67. The van der Waals surface area contributed by atoms with Gasteiger partial charge in [0.2, 0.25) is 0 Å². The number of imidazole rings is 2. The van der Waals surface area contributed by atoms with Gasteiger partial charge in [-0.1, -0.05) is 12.1 Å². The Kier molecular flexibility index (Phi) is 5.16. The van der Waals surface area contributed by atoms with Gasteiger partial charge < -0.3 is 19.2 Å². The Morgan fingerprint density at radius 1 is 1.09 bits per heavy atom. The first-order valence-electron chi connectivity index (χ1n) is 11.7. The molecule has 0 atom stereocenters. The average molecular weight is 472 g/mol. The van der Waals surface area contributed by atoms with Gasteiger partial charge in [-0.2, -0.15) is 0 Å². The number of nitrogens with zero attached hydrogens (tertiary/aromatic N) is 8. The van der Waals surface area contributed by atoms with Crippen molar-refractivity contribution in [3.05, 3.63) is 53.5 Å². The van der Waals surface area contributed by atoms with Crippen LogP contribution in [0.15, 0.2) is 47.8 Å². The fraction of sp³-hybridized carbons (Fsp3) is 0.333. The fourth-order valence-corrected chi connectivity index (χ4v) is 4.99. The van der Waals surface area contributed by atoms with Crippen LogP contribution in [-0.2, 0) is 6.54 Å². The second-order valence-electron chi connectivity index (χ2n) is 8.54. The second-order valence-corrected chi connectivity index (χ2v) is 8.54. The van der Waals surface area contributed by atoms with E-state index >= 15 is 0 Å². The summed E-state index contributed by atoms with van der Waals surface area (Å²) in [6, 6.07) is 8.28. The highest BCUT2D eigenvalue weighted by Gasteiger charge is 2.27. The number of hydrogen-bond donors (Lipinski definition) is 1. The smallest absolute Gasteiger partial charge is 0.326 e. The molecular formula is C24H25N9O2. The molecule has 1 aliphatic heterocycles. The number of aromatic nitrogens is 8. The minimum Gasteiger partial charge on any atom is -0.467 e. The summed E-state index contributed by atoms with van der Waals surface area (Å²) in [7, 11) is 1.54. The van der Waals surface area contributed by atoms with Gasteiger partial charge in [-0.3, -0.25) is 4.57 Å². The molecule has 6 rings (SSSR count). The molecule has 0 amide bonds. The topological polar surface area (TPSA) is 120 Å². The van der Waals surface area contributed by atoms with Gasteiger partial charge in [0, 0.05) is 38.1 Å². The first-order chi connectivity index (χ1) is 17.2. The molecule has 11 heteroatoms. The molecule has 1 fully saturated rings. The van der Waals surface area contributed by atoms with E-state index in [2.05, 4.69) is 36.7 Å². The molecule has 0 aliphatic carbocycles. The van der Waals surface area contributed by atoms with Crippen molar-refractivity contribution in [2.24, 2.45) is 0 Å². The van der Waals surface area contributed by atoms with Gasteiger partial charge in [-0.15, -0.1) is 0 Å². The lowest BCUT2D eigenvalue weighted by Crippen LogP contribution is -2.37. The Morgan fingerprint density at radius 3 is 2.60 bits per heavy atom. The van der Waals surface area contributed by atoms with E-state index in [0.29, 0.717) is 12.6 Å². The maximum Gasteiger partial charge on any atom is 0.326 e. The number of aryl methyl sites for hydroxylation is 1. The minimum atomic E-state index is -0.0536. The molecule has 0 bridgehead atoms. The molecule has 1 aliphatic rings. The van der Waals surface area contributed by atoms with Crippen LogP contribution >= 0.6 is 0 Å². The first-order valence-corrected chi connectivity index (χ1v) is 11.7. The van der Waals surface area contributed by atoms with Crippen LogP contribution in [0.4, 0.5) is 5.82 Å². The number of aromatic amines is 1. The zero-order valence-electron chi connectivity index (χ0n) is 19.5. The van der Waals surface area contributed by atoms with Crippen LogP contribution in [0, 0.1) is 0 Å². The highest BCUT2D eigenvalue weighted by Crippen LogP contribution is 2.32. The second kappa shape index (κ2) is 8.49. The molecule has 178 valence electrons. The van der Waals surface area contributed by atoms with E-state index in [0.717, 1.165) is 65.3 Å². The van der Waals surface area contributed by atoms with Crippen LogP contribution in [0.3, 0.4) is 0 Å². The molecule has 5 heterocycles. The Bertz CT molecular complexity index is 1560. The highest BCUT2D eigenvalue weighted by atomic mass is 16.5. The third-order valence-electron chi connectivity index (χ3n) is 6.65. The lowest BCUT2D eigenvalue weighted by atomic mass is 10.0.